The van der Waals surface area contributed by atoms with Gasteiger partial charge in [-0.15, -0.1) is 0 Å². The summed E-state index contributed by atoms with van der Waals surface area (Å²) in [5.74, 6) is 0. The van der Waals surface area contributed by atoms with Crippen LogP contribution < -0.4 is 0 Å². The van der Waals surface area contributed by atoms with E-state index in [-0.39, 0.29) is 10.6 Å². The van der Waals surface area contributed by atoms with Crippen molar-refractivity contribution in [2.45, 2.75) is 6.18 Å². The van der Waals surface area contributed by atoms with E-state index in [2.05, 4.69) is 0 Å². The topological polar surface area (TPSA) is 0 Å². The predicted molar refractivity (Wildman–Crippen MR) is 61.9 cm³/mol. The Hall–Kier alpha value is -1.48. The molecule has 0 radical (unpaired) electrons. The second-order valence-electron chi connectivity index (χ2n) is 3.53. The van der Waals surface area contributed by atoms with Gasteiger partial charge in [0.05, 0.1) is 10.6 Å². The molecule has 0 aliphatic rings. The highest BCUT2D eigenvalue weighted by atomic mass is 35.5. The first-order valence-electron chi connectivity index (χ1n) is 4.91. The minimum atomic E-state index is -4.45. The van der Waals surface area contributed by atoms with E-state index in [4.69, 9.17) is 11.6 Å². The van der Waals surface area contributed by atoms with Crippen LogP contribution in [0.2, 0.25) is 5.02 Å². The molecule has 0 nitrogen and oxygen atoms in total. The van der Waals surface area contributed by atoms with Crippen molar-refractivity contribution in [3.63, 3.8) is 0 Å². The molecule has 2 aromatic rings. The molecule has 4 heteroatoms. The number of rotatable bonds is 1. The molecule has 0 amide bonds. The summed E-state index contributed by atoms with van der Waals surface area (Å²) in [5.41, 5.74) is -0.180. The van der Waals surface area contributed by atoms with Crippen LogP contribution in [0.5, 0.6) is 0 Å². The van der Waals surface area contributed by atoms with Gasteiger partial charge in [0, 0.05) is 0 Å². The maximum absolute atomic E-state index is 12.9. The van der Waals surface area contributed by atoms with Crippen LogP contribution in [0.3, 0.4) is 0 Å². The number of benzene rings is 2. The first-order chi connectivity index (χ1) is 8.00. The first-order valence-corrected chi connectivity index (χ1v) is 5.29. The fourth-order valence-corrected chi connectivity index (χ4v) is 1.95. The van der Waals surface area contributed by atoms with Gasteiger partial charge in [0.15, 0.2) is 0 Å². The summed E-state index contributed by atoms with van der Waals surface area (Å²) in [6.45, 7) is 0. The average Bonchev–Trinajstić information content (AvgIpc) is 2.28. The second-order valence-corrected chi connectivity index (χ2v) is 3.93. The lowest BCUT2D eigenvalue weighted by Gasteiger charge is -2.14. The summed E-state index contributed by atoms with van der Waals surface area (Å²) in [4.78, 5) is 0. The molecule has 0 spiro atoms. The summed E-state index contributed by atoms with van der Waals surface area (Å²) in [6, 6.07) is 12.6. The Labute approximate surface area is 102 Å². The Morgan fingerprint density at radius 3 is 2.06 bits per heavy atom. The van der Waals surface area contributed by atoms with Crippen LogP contribution in [0.15, 0.2) is 48.5 Å². The third-order valence-electron chi connectivity index (χ3n) is 2.38. The van der Waals surface area contributed by atoms with Crippen LogP contribution in [-0.4, -0.2) is 0 Å². The molecule has 0 aliphatic carbocycles. The Bertz CT molecular complexity index is 518. The summed E-state index contributed by atoms with van der Waals surface area (Å²) >= 11 is 5.64. The number of hydrogen-bond acceptors (Lipinski definition) is 0. The third kappa shape index (κ3) is 2.44. The van der Waals surface area contributed by atoms with Gasteiger partial charge in [-0.05, 0) is 17.2 Å². The maximum Gasteiger partial charge on any atom is 0.418 e. The lowest BCUT2D eigenvalue weighted by Crippen LogP contribution is -2.08. The Morgan fingerprint density at radius 1 is 0.824 bits per heavy atom. The van der Waals surface area contributed by atoms with Crippen LogP contribution >= 0.6 is 11.6 Å². The average molecular weight is 257 g/mol. The van der Waals surface area contributed by atoms with E-state index in [1.165, 1.54) is 18.2 Å². The zero-order valence-electron chi connectivity index (χ0n) is 8.63. The molecule has 0 unspecified atom stereocenters. The molecule has 0 saturated carbocycles. The summed E-state index contributed by atoms with van der Waals surface area (Å²) in [7, 11) is 0. The molecular formula is C13H8ClF3. The van der Waals surface area contributed by atoms with Crippen molar-refractivity contribution in [3.8, 4) is 11.1 Å². The third-order valence-corrected chi connectivity index (χ3v) is 2.70. The fraction of sp³-hybridized carbons (Fsp3) is 0.0769. The molecular weight excluding hydrogens is 249 g/mol. The van der Waals surface area contributed by atoms with E-state index in [0.717, 1.165) is 0 Å². The van der Waals surface area contributed by atoms with Crippen molar-refractivity contribution < 1.29 is 13.2 Å². The molecule has 0 bridgehead atoms. The largest absolute Gasteiger partial charge is 0.418 e. The van der Waals surface area contributed by atoms with Crippen molar-refractivity contribution in [1.29, 1.82) is 0 Å². The molecule has 0 aromatic heterocycles. The number of halogens is 4. The van der Waals surface area contributed by atoms with E-state index < -0.39 is 11.7 Å². The Balaban J connectivity index is 2.67. The van der Waals surface area contributed by atoms with Crippen molar-refractivity contribution in [1.82, 2.24) is 0 Å². The van der Waals surface area contributed by atoms with Crippen molar-refractivity contribution in [3.05, 3.63) is 59.1 Å². The van der Waals surface area contributed by atoms with Crippen LogP contribution in [0.1, 0.15) is 5.56 Å². The zero-order valence-corrected chi connectivity index (χ0v) is 9.39. The van der Waals surface area contributed by atoms with E-state index in [0.29, 0.717) is 5.56 Å². The Morgan fingerprint density at radius 2 is 1.47 bits per heavy atom. The van der Waals surface area contributed by atoms with Crippen molar-refractivity contribution in [2.75, 3.05) is 0 Å². The predicted octanol–water partition coefficient (Wildman–Crippen LogP) is 5.03. The lowest BCUT2D eigenvalue weighted by molar-refractivity contribution is -0.137. The number of hydrogen-bond donors (Lipinski definition) is 0. The van der Waals surface area contributed by atoms with Gasteiger partial charge in [0.25, 0.3) is 0 Å². The maximum atomic E-state index is 12.9. The molecule has 17 heavy (non-hydrogen) atoms. The summed E-state index contributed by atoms with van der Waals surface area (Å²) < 4.78 is 38.7. The highest BCUT2D eigenvalue weighted by Crippen LogP contribution is 2.41. The molecule has 0 N–H and O–H groups in total. The van der Waals surface area contributed by atoms with Gasteiger partial charge in [0.2, 0.25) is 0 Å². The molecule has 0 atom stereocenters. The Kier molecular flexibility index (Phi) is 3.11. The van der Waals surface area contributed by atoms with Gasteiger partial charge in [-0.3, -0.25) is 0 Å². The SMILES string of the molecule is FC(F)(F)c1c(Cl)cccc1-c1ccccc1. The highest BCUT2D eigenvalue weighted by molar-refractivity contribution is 6.31. The van der Waals surface area contributed by atoms with Crippen LogP contribution in [-0.2, 0) is 6.18 Å². The summed E-state index contributed by atoms with van der Waals surface area (Å²) in [5, 5.41) is -0.279. The number of alkyl halides is 3. The fourth-order valence-electron chi connectivity index (χ4n) is 1.67. The van der Waals surface area contributed by atoms with Gasteiger partial charge in [-0.1, -0.05) is 54.1 Å². The summed E-state index contributed by atoms with van der Waals surface area (Å²) in [6.07, 6.45) is -4.45. The quantitative estimate of drug-likeness (QED) is 0.672. The molecule has 0 aliphatic heterocycles. The van der Waals surface area contributed by atoms with Gasteiger partial charge in [-0.25, -0.2) is 0 Å². The minimum Gasteiger partial charge on any atom is -0.166 e. The molecule has 0 heterocycles. The van der Waals surface area contributed by atoms with Crippen LogP contribution in [0, 0.1) is 0 Å². The zero-order chi connectivity index (χ0) is 12.5. The second kappa shape index (κ2) is 4.41. The minimum absolute atomic E-state index is 0.102. The first kappa shape index (κ1) is 12.0. The normalized spacial score (nSPS) is 11.5. The van der Waals surface area contributed by atoms with Gasteiger partial charge < -0.3 is 0 Å². The van der Waals surface area contributed by atoms with Gasteiger partial charge >= 0.3 is 6.18 Å². The van der Waals surface area contributed by atoms with Crippen LogP contribution in [0.4, 0.5) is 13.2 Å². The van der Waals surface area contributed by atoms with Crippen molar-refractivity contribution in [2.24, 2.45) is 0 Å². The standard InChI is InChI=1S/C13H8ClF3/c14-11-8-4-7-10(12(11)13(15,16)17)9-5-2-1-3-6-9/h1-8H. The molecule has 0 fully saturated rings. The molecule has 0 saturated heterocycles. The monoisotopic (exact) mass is 256 g/mol. The molecule has 88 valence electrons. The van der Waals surface area contributed by atoms with Gasteiger partial charge in [0.1, 0.15) is 0 Å². The molecule has 2 aromatic carbocycles. The smallest absolute Gasteiger partial charge is 0.166 e. The van der Waals surface area contributed by atoms with Crippen LogP contribution in [0.25, 0.3) is 11.1 Å². The van der Waals surface area contributed by atoms with E-state index in [9.17, 15) is 13.2 Å². The molecule has 2 rings (SSSR count). The highest BCUT2D eigenvalue weighted by Gasteiger charge is 2.36. The van der Waals surface area contributed by atoms with E-state index >= 15 is 0 Å². The lowest BCUT2D eigenvalue weighted by atomic mass is 9.99. The van der Waals surface area contributed by atoms with E-state index in [1.807, 2.05) is 0 Å². The van der Waals surface area contributed by atoms with Gasteiger partial charge in [-0.2, -0.15) is 13.2 Å². The van der Waals surface area contributed by atoms with Crippen molar-refractivity contribution >= 4 is 11.6 Å². The van der Waals surface area contributed by atoms with E-state index in [1.54, 1.807) is 30.3 Å².